The summed E-state index contributed by atoms with van der Waals surface area (Å²) in [7, 11) is 0. The predicted molar refractivity (Wildman–Crippen MR) is 86.3 cm³/mol. The van der Waals surface area contributed by atoms with Crippen molar-refractivity contribution < 1.29 is 9.59 Å². The van der Waals surface area contributed by atoms with Crippen LogP contribution in [0.3, 0.4) is 0 Å². The Bertz CT molecular complexity index is 561. The minimum atomic E-state index is -0.183. The lowest BCUT2D eigenvalue weighted by Crippen LogP contribution is -2.34. The van der Waals surface area contributed by atoms with Gasteiger partial charge < -0.3 is 10.2 Å². The molecule has 1 rings (SSSR count). The lowest BCUT2D eigenvalue weighted by Gasteiger charge is -2.22. The standard InChI is InChI=1S/C17H23N3O2/c1-13(2)8-10-19-17(22)9-11-20(14(3)21)16-7-5-4-6-15(16)12-18/h4-7,13H,8-11H2,1-3H3,(H,19,22). The molecule has 0 fully saturated rings. The zero-order chi connectivity index (χ0) is 16.5. The molecule has 0 atom stereocenters. The number of anilines is 1. The van der Waals surface area contributed by atoms with Crippen LogP contribution in [0.1, 0.15) is 39.2 Å². The Morgan fingerprint density at radius 1 is 1.32 bits per heavy atom. The molecule has 0 unspecified atom stereocenters. The van der Waals surface area contributed by atoms with Gasteiger partial charge in [0.05, 0.1) is 11.3 Å². The molecule has 0 saturated heterocycles. The molecule has 22 heavy (non-hydrogen) atoms. The van der Waals surface area contributed by atoms with Crippen molar-refractivity contribution in [1.82, 2.24) is 5.32 Å². The Labute approximate surface area is 131 Å². The number of benzene rings is 1. The summed E-state index contributed by atoms with van der Waals surface area (Å²) in [5.74, 6) is 0.274. The maximum atomic E-state index is 11.8. The Kier molecular flexibility index (Phi) is 7.11. The van der Waals surface area contributed by atoms with E-state index in [2.05, 4.69) is 25.2 Å². The molecule has 0 bridgehead atoms. The van der Waals surface area contributed by atoms with E-state index in [1.807, 2.05) is 0 Å². The average molecular weight is 301 g/mol. The van der Waals surface area contributed by atoms with Gasteiger partial charge in [0, 0.05) is 26.4 Å². The van der Waals surface area contributed by atoms with Gasteiger partial charge in [0.2, 0.25) is 11.8 Å². The summed E-state index contributed by atoms with van der Waals surface area (Å²) in [6.07, 6.45) is 1.15. The summed E-state index contributed by atoms with van der Waals surface area (Å²) in [5, 5.41) is 12.0. The van der Waals surface area contributed by atoms with Crippen molar-refractivity contribution in [2.24, 2.45) is 5.92 Å². The molecule has 1 N–H and O–H groups in total. The number of rotatable bonds is 7. The van der Waals surface area contributed by atoms with Gasteiger partial charge in [-0.1, -0.05) is 26.0 Å². The van der Waals surface area contributed by atoms with E-state index in [0.29, 0.717) is 23.7 Å². The number of para-hydroxylation sites is 1. The van der Waals surface area contributed by atoms with E-state index in [0.717, 1.165) is 6.42 Å². The largest absolute Gasteiger partial charge is 0.356 e. The van der Waals surface area contributed by atoms with E-state index < -0.39 is 0 Å². The van der Waals surface area contributed by atoms with Crippen LogP contribution < -0.4 is 10.2 Å². The SMILES string of the molecule is CC(=O)N(CCC(=O)NCCC(C)C)c1ccccc1C#N. The molecule has 0 saturated carbocycles. The topological polar surface area (TPSA) is 73.2 Å². The fraction of sp³-hybridized carbons (Fsp3) is 0.471. The lowest BCUT2D eigenvalue weighted by atomic mass is 10.1. The zero-order valence-corrected chi connectivity index (χ0v) is 13.4. The number of nitrogens with one attached hydrogen (secondary N) is 1. The third-order valence-electron chi connectivity index (χ3n) is 3.30. The van der Waals surface area contributed by atoms with E-state index in [1.165, 1.54) is 11.8 Å². The van der Waals surface area contributed by atoms with Gasteiger partial charge in [0.1, 0.15) is 6.07 Å². The Morgan fingerprint density at radius 3 is 2.59 bits per heavy atom. The molecule has 0 spiro atoms. The van der Waals surface area contributed by atoms with Crippen molar-refractivity contribution in [3.8, 4) is 6.07 Å². The maximum Gasteiger partial charge on any atom is 0.223 e. The Balaban J connectivity index is 2.65. The molecule has 0 radical (unpaired) electrons. The van der Waals surface area contributed by atoms with Gasteiger partial charge in [-0.05, 0) is 24.5 Å². The first-order valence-electron chi connectivity index (χ1n) is 7.49. The summed E-state index contributed by atoms with van der Waals surface area (Å²) < 4.78 is 0. The molecular formula is C17H23N3O2. The van der Waals surface area contributed by atoms with Gasteiger partial charge in [-0.15, -0.1) is 0 Å². The molecule has 0 heterocycles. The van der Waals surface area contributed by atoms with Crippen molar-refractivity contribution in [1.29, 1.82) is 5.26 Å². The first-order valence-corrected chi connectivity index (χ1v) is 7.49. The smallest absolute Gasteiger partial charge is 0.223 e. The second-order valence-electron chi connectivity index (χ2n) is 5.58. The highest BCUT2D eigenvalue weighted by Crippen LogP contribution is 2.20. The van der Waals surface area contributed by atoms with Crippen LogP contribution in [0.15, 0.2) is 24.3 Å². The summed E-state index contributed by atoms with van der Waals surface area (Å²) in [6.45, 7) is 6.54. The fourth-order valence-electron chi connectivity index (χ4n) is 2.05. The van der Waals surface area contributed by atoms with Gasteiger partial charge in [-0.2, -0.15) is 5.26 Å². The van der Waals surface area contributed by atoms with E-state index in [1.54, 1.807) is 24.3 Å². The number of hydrogen-bond donors (Lipinski definition) is 1. The van der Waals surface area contributed by atoms with Gasteiger partial charge in [0.25, 0.3) is 0 Å². The van der Waals surface area contributed by atoms with Crippen LogP contribution in [0.25, 0.3) is 0 Å². The van der Waals surface area contributed by atoms with E-state index in [4.69, 9.17) is 5.26 Å². The summed E-state index contributed by atoms with van der Waals surface area (Å²) in [4.78, 5) is 25.1. The lowest BCUT2D eigenvalue weighted by molar-refractivity contribution is -0.121. The number of hydrogen-bond acceptors (Lipinski definition) is 3. The van der Waals surface area contributed by atoms with Crippen LogP contribution in [0, 0.1) is 17.2 Å². The molecule has 5 heteroatoms. The third-order valence-corrected chi connectivity index (χ3v) is 3.30. The molecule has 118 valence electrons. The maximum absolute atomic E-state index is 11.8. The highest BCUT2D eigenvalue weighted by molar-refractivity contribution is 5.93. The van der Waals surface area contributed by atoms with Crippen LogP contribution >= 0.6 is 0 Å². The molecule has 0 aliphatic heterocycles. The van der Waals surface area contributed by atoms with Gasteiger partial charge in [-0.3, -0.25) is 9.59 Å². The van der Waals surface area contributed by atoms with Crippen molar-refractivity contribution in [3.63, 3.8) is 0 Å². The number of carbonyl (C=O) groups excluding carboxylic acids is 2. The van der Waals surface area contributed by atoms with Crippen molar-refractivity contribution in [3.05, 3.63) is 29.8 Å². The average Bonchev–Trinajstić information content (AvgIpc) is 2.47. The number of nitrogens with zero attached hydrogens (tertiary/aromatic N) is 2. The second kappa shape index (κ2) is 8.83. The quantitative estimate of drug-likeness (QED) is 0.840. The highest BCUT2D eigenvalue weighted by atomic mass is 16.2. The third kappa shape index (κ3) is 5.57. The molecule has 0 aliphatic rings. The number of nitriles is 1. The monoisotopic (exact) mass is 301 g/mol. The van der Waals surface area contributed by atoms with Crippen molar-refractivity contribution in [2.75, 3.05) is 18.0 Å². The Morgan fingerprint density at radius 2 is 2.00 bits per heavy atom. The summed E-state index contributed by atoms with van der Waals surface area (Å²) in [5.41, 5.74) is 0.977. The number of amides is 2. The van der Waals surface area contributed by atoms with Crippen LogP contribution in [0.4, 0.5) is 5.69 Å². The molecular weight excluding hydrogens is 278 g/mol. The van der Waals surface area contributed by atoms with E-state index in [9.17, 15) is 9.59 Å². The van der Waals surface area contributed by atoms with Gasteiger partial charge in [0.15, 0.2) is 0 Å². The summed E-state index contributed by atoms with van der Waals surface area (Å²) >= 11 is 0. The van der Waals surface area contributed by atoms with Crippen LogP contribution in [-0.2, 0) is 9.59 Å². The molecule has 2 amide bonds. The normalized spacial score (nSPS) is 10.1. The van der Waals surface area contributed by atoms with Crippen LogP contribution in [0.2, 0.25) is 0 Å². The number of carbonyl (C=O) groups is 2. The molecule has 0 aliphatic carbocycles. The molecule has 1 aromatic carbocycles. The molecule has 1 aromatic rings. The van der Waals surface area contributed by atoms with E-state index >= 15 is 0 Å². The Hall–Kier alpha value is -2.35. The first kappa shape index (κ1) is 17.7. The minimum absolute atomic E-state index is 0.0821. The molecule has 5 nitrogen and oxygen atoms in total. The van der Waals surface area contributed by atoms with Gasteiger partial charge in [-0.25, -0.2) is 0 Å². The summed E-state index contributed by atoms with van der Waals surface area (Å²) in [6, 6.07) is 8.97. The van der Waals surface area contributed by atoms with Crippen LogP contribution in [0.5, 0.6) is 0 Å². The first-order chi connectivity index (χ1) is 10.5. The zero-order valence-electron chi connectivity index (χ0n) is 13.4. The van der Waals surface area contributed by atoms with Crippen LogP contribution in [-0.4, -0.2) is 24.9 Å². The van der Waals surface area contributed by atoms with E-state index in [-0.39, 0.29) is 24.8 Å². The highest BCUT2D eigenvalue weighted by Gasteiger charge is 2.16. The fourth-order valence-corrected chi connectivity index (χ4v) is 2.05. The predicted octanol–water partition coefficient (Wildman–Crippen LogP) is 2.46. The van der Waals surface area contributed by atoms with Crippen molar-refractivity contribution >= 4 is 17.5 Å². The minimum Gasteiger partial charge on any atom is -0.356 e. The molecule has 0 aromatic heterocycles. The van der Waals surface area contributed by atoms with Crippen molar-refractivity contribution in [2.45, 2.75) is 33.6 Å². The van der Waals surface area contributed by atoms with Gasteiger partial charge >= 0.3 is 0 Å². The second-order valence-corrected chi connectivity index (χ2v) is 5.58.